The van der Waals surface area contributed by atoms with Crippen molar-refractivity contribution in [1.29, 1.82) is 0 Å². The van der Waals surface area contributed by atoms with Crippen molar-refractivity contribution in [2.75, 3.05) is 98.8 Å². The van der Waals surface area contributed by atoms with Crippen LogP contribution in [0.25, 0.3) is 0 Å². The standard InChI is InChI=1S/C16H34O10S/c1-20-4-5-22-8-9-24-12-13-26-15-14-25-11-10-23-7-6-21-3-2-16-27(17,18)19/h2-16H2,1H3,(H,17,18,19). The largest absolute Gasteiger partial charge is 0.382 e. The summed E-state index contributed by atoms with van der Waals surface area (Å²) in [6.07, 6.45) is 0.259. The van der Waals surface area contributed by atoms with Crippen LogP contribution in [-0.4, -0.2) is 112 Å². The van der Waals surface area contributed by atoms with Gasteiger partial charge in [0, 0.05) is 13.7 Å². The van der Waals surface area contributed by atoms with Crippen LogP contribution in [0, 0.1) is 0 Å². The summed E-state index contributed by atoms with van der Waals surface area (Å²) in [6, 6.07) is 0. The van der Waals surface area contributed by atoms with Crippen LogP contribution in [0.3, 0.4) is 0 Å². The SMILES string of the molecule is COCCOCCOCCOCCOCCOCCOCCCS(=O)(=O)O. The molecule has 0 saturated heterocycles. The third-order valence-corrected chi connectivity index (χ3v) is 3.79. The molecule has 0 aromatic carbocycles. The van der Waals surface area contributed by atoms with Crippen molar-refractivity contribution in [1.82, 2.24) is 0 Å². The molecule has 0 rings (SSSR count). The summed E-state index contributed by atoms with van der Waals surface area (Å²) in [4.78, 5) is 0. The predicted molar refractivity (Wildman–Crippen MR) is 97.8 cm³/mol. The second-order valence-corrected chi connectivity index (χ2v) is 6.88. The van der Waals surface area contributed by atoms with Crippen LogP contribution in [0.15, 0.2) is 0 Å². The van der Waals surface area contributed by atoms with Gasteiger partial charge in [-0.15, -0.1) is 0 Å². The van der Waals surface area contributed by atoms with E-state index in [0.29, 0.717) is 79.3 Å². The molecule has 27 heavy (non-hydrogen) atoms. The Kier molecular flexibility index (Phi) is 20.1. The minimum atomic E-state index is -3.90. The molecule has 0 radical (unpaired) electrons. The highest BCUT2D eigenvalue weighted by molar-refractivity contribution is 7.85. The van der Waals surface area contributed by atoms with Crippen molar-refractivity contribution in [3.05, 3.63) is 0 Å². The first-order valence-corrected chi connectivity index (χ1v) is 10.6. The van der Waals surface area contributed by atoms with E-state index in [1.165, 1.54) is 0 Å². The maximum Gasteiger partial charge on any atom is 0.264 e. The summed E-state index contributed by atoms with van der Waals surface area (Å²) in [6.45, 7) is 6.16. The van der Waals surface area contributed by atoms with Crippen molar-refractivity contribution >= 4 is 10.1 Å². The van der Waals surface area contributed by atoms with Crippen LogP contribution in [0.4, 0.5) is 0 Å². The van der Waals surface area contributed by atoms with Gasteiger partial charge >= 0.3 is 0 Å². The Morgan fingerprint density at radius 3 is 1.15 bits per heavy atom. The summed E-state index contributed by atoms with van der Waals surface area (Å²) in [5.74, 6) is -0.292. The summed E-state index contributed by atoms with van der Waals surface area (Å²) >= 11 is 0. The first-order valence-electron chi connectivity index (χ1n) is 8.97. The molecule has 0 aromatic heterocycles. The third kappa shape index (κ3) is 25.6. The van der Waals surface area contributed by atoms with Gasteiger partial charge in [0.05, 0.1) is 85.0 Å². The average molecular weight is 419 g/mol. The van der Waals surface area contributed by atoms with Gasteiger partial charge in [-0.1, -0.05) is 0 Å². The second-order valence-electron chi connectivity index (χ2n) is 5.31. The maximum absolute atomic E-state index is 10.5. The van der Waals surface area contributed by atoms with Gasteiger partial charge in [-0.2, -0.15) is 8.42 Å². The van der Waals surface area contributed by atoms with Crippen molar-refractivity contribution in [2.24, 2.45) is 0 Å². The molecule has 10 nitrogen and oxygen atoms in total. The summed E-state index contributed by atoms with van der Waals surface area (Å²) in [5.41, 5.74) is 0. The Morgan fingerprint density at radius 2 is 0.852 bits per heavy atom. The van der Waals surface area contributed by atoms with Crippen molar-refractivity contribution in [2.45, 2.75) is 6.42 Å². The molecule has 0 atom stereocenters. The molecule has 164 valence electrons. The molecule has 0 saturated carbocycles. The smallest absolute Gasteiger partial charge is 0.264 e. The molecule has 1 N–H and O–H groups in total. The zero-order chi connectivity index (χ0) is 20.1. The highest BCUT2D eigenvalue weighted by Gasteiger charge is 2.02. The zero-order valence-corrected chi connectivity index (χ0v) is 17.0. The molecule has 0 spiro atoms. The monoisotopic (exact) mass is 418 g/mol. The Balaban J connectivity index is 3.03. The fourth-order valence-corrected chi connectivity index (χ4v) is 2.17. The van der Waals surface area contributed by atoms with Crippen LogP contribution in [-0.2, 0) is 43.3 Å². The molecule has 0 aliphatic rings. The molecule has 0 unspecified atom stereocenters. The number of ether oxygens (including phenoxy) is 7. The van der Waals surface area contributed by atoms with Crippen LogP contribution < -0.4 is 0 Å². The quantitative estimate of drug-likeness (QED) is 0.190. The zero-order valence-electron chi connectivity index (χ0n) is 16.1. The molecule has 0 heterocycles. The van der Waals surface area contributed by atoms with E-state index in [0.717, 1.165) is 0 Å². The third-order valence-electron chi connectivity index (χ3n) is 2.98. The van der Waals surface area contributed by atoms with E-state index in [1.54, 1.807) is 7.11 Å². The van der Waals surface area contributed by atoms with E-state index in [2.05, 4.69) is 0 Å². The van der Waals surface area contributed by atoms with Gasteiger partial charge in [-0.3, -0.25) is 4.55 Å². The summed E-state index contributed by atoms with van der Waals surface area (Å²) < 4.78 is 66.1. The first-order chi connectivity index (χ1) is 13.1. The number of hydrogen-bond acceptors (Lipinski definition) is 9. The molecule has 0 aliphatic heterocycles. The van der Waals surface area contributed by atoms with Crippen LogP contribution in [0.1, 0.15) is 6.42 Å². The highest BCUT2D eigenvalue weighted by Crippen LogP contribution is 1.90. The molecule has 0 bridgehead atoms. The summed E-state index contributed by atoms with van der Waals surface area (Å²) in [7, 11) is -2.27. The van der Waals surface area contributed by atoms with Gasteiger partial charge in [-0.25, -0.2) is 0 Å². The van der Waals surface area contributed by atoms with Crippen LogP contribution in [0.5, 0.6) is 0 Å². The minimum absolute atomic E-state index is 0.259. The molecule has 11 heteroatoms. The van der Waals surface area contributed by atoms with E-state index < -0.39 is 10.1 Å². The van der Waals surface area contributed by atoms with Crippen LogP contribution >= 0.6 is 0 Å². The Hall–Kier alpha value is -0.370. The lowest BCUT2D eigenvalue weighted by molar-refractivity contribution is -0.0190. The Morgan fingerprint density at radius 1 is 0.556 bits per heavy atom. The van der Waals surface area contributed by atoms with Crippen molar-refractivity contribution in [3.8, 4) is 0 Å². The molecular weight excluding hydrogens is 384 g/mol. The van der Waals surface area contributed by atoms with Gasteiger partial charge in [0.25, 0.3) is 10.1 Å². The summed E-state index contributed by atoms with van der Waals surface area (Å²) in [5, 5.41) is 0. The van der Waals surface area contributed by atoms with Gasteiger partial charge in [0.15, 0.2) is 0 Å². The van der Waals surface area contributed by atoms with Crippen molar-refractivity contribution in [3.63, 3.8) is 0 Å². The van der Waals surface area contributed by atoms with E-state index in [9.17, 15) is 8.42 Å². The topological polar surface area (TPSA) is 119 Å². The number of rotatable bonds is 22. The molecular formula is C16H34O10S. The molecule has 0 amide bonds. The Bertz CT molecular complexity index is 391. The van der Waals surface area contributed by atoms with E-state index in [-0.39, 0.29) is 18.8 Å². The first kappa shape index (κ1) is 26.6. The van der Waals surface area contributed by atoms with E-state index in [1.807, 2.05) is 0 Å². The van der Waals surface area contributed by atoms with Crippen LogP contribution in [0.2, 0.25) is 0 Å². The van der Waals surface area contributed by atoms with E-state index >= 15 is 0 Å². The van der Waals surface area contributed by atoms with Gasteiger partial charge in [-0.05, 0) is 6.42 Å². The van der Waals surface area contributed by atoms with Crippen molar-refractivity contribution < 1.29 is 46.1 Å². The van der Waals surface area contributed by atoms with E-state index in [4.69, 9.17) is 37.7 Å². The lowest BCUT2D eigenvalue weighted by Gasteiger charge is -2.08. The minimum Gasteiger partial charge on any atom is -0.382 e. The highest BCUT2D eigenvalue weighted by atomic mass is 32.2. The Labute approximate surface area is 162 Å². The average Bonchev–Trinajstić information content (AvgIpc) is 2.62. The normalized spacial score (nSPS) is 11.9. The second kappa shape index (κ2) is 20.4. The maximum atomic E-state index is 10.5. The molecule has 0 aliphatic carbocycles. The fourth-order valence-electron chi connectivity index (χ4n) is 1.69. The predicted octanol–water partition coefficient (Wildman–Crippen LogP) is 0.0103. The van der Waals surface area contributed by atoms with Gasteiger partial charge in [0.1, 0.15) is 0 Å². The molecule has 0 fully saturated rings. The number of methoxy groups -OCH3 is 1. The van der Waals surface area contributed by atoms with Gasteiger partial charge in [0.2, 0.25) is 0 Å². The number of hydrogen-bond donors (Lipinski definition) is 1. The lowest BCUT2D eigenvalue weighted by atomic mass is 10.5. The van der Waals surface area contributed by atoms with Gasteiger partial charge < -0.3 is 33.2 Å². The lowest BCUT2D eigenvalue weighted by Crippen LogP contribution is -2.14. The fraction of sp³-hybridized carbons (Fsp3) is 1.00. The molecule has 0 aromatic rings.